The van der Waals surface area contributed by atoms with Crippen molar-refractivity contribution in [2.24, 2.45) is 0 Å². The molecule has 16 heavy (non-hydrogen) atoms. The minimum Gasteiger partial charge on any atom is -0.383 e. The van der Waals surface area contributed by atoms with Gasteiger partial charge in [0.15, 0.2) is 11.5 Å². The van der Waals surface area contributed by atoms with Crippen LogP contribution in [-0.4, -0.2) is 24.7 Å². The molecule has 3 aromatic heterocycles. The van der Waals surface area contributed by atoms with Gasteiger partial charge in [-0.3, -0.25) is 5.10 Å². The molecule has 0 saturated carbocycles. The number of nitrogens with two attached hydrogens (primary N) is 1. The van der Waals surface area contributed by atoms with Crippen molar-refractivity contribution in [3.63, 3.8) is 0 Å². The molecule has 3 aromatic rings. The van der Waals surface area contributed by atoms with Crippen LogP contribution in [0.4, 0.5) is 5.82 Å². The number of fused-ring (bicyclic) bond motifs is 1. The molecule has 0 radical (unpaired) electrons. The van der Waals surface area contributed by atoms with E-state index in [1.54, 1.807) is 0 Å². The van der Waals surface area contributed by atoms with Crippen molar-refractivity contribution in [1.82, 2.24) is 24.7 Å². The van der Waals surface area contributed by atoms with E-state index in [9.17, 15) is 0 Å². The van der Waals surface area contributed by atoms with Crippen LogP contribution in [0.5, 0.6) is 0 Å². The second kappa shape index (κ2) is 3.82. The number of rotatable bonds is 1. The van der Waals surface area contributed by atoms with Crippen LogP contribution in [0.3, 0.4) is 0 Å². The summed E-state index contributed by atoms with van der Waals surface area (Å²) in [5.74, 6) is 1.14. The maximum Gasteiger partial charge on any atom is 0.171 e. The lowest BCUT2D eigenvalue weighted by Crippen LogP contribution is -1.96. The Balaban J connectivity index is 0.000000963. The number of nitrogen functional groups attached to an aromatic ring is 1. The Labute approximate surface area is 96.9 Å². The SMILES string of the molecule is Cl.Nc1ncnc2[nH]nc(-n3cccc3)c12. The van der Waals surface area contributed by atoms with E-state index in [1.807, 2.05) is 29.1 Å². The Morgan fingerprint density at radius 3 is 2.69 bits per heavy atom. The van der Waals surface area contributed by atoms with Gasteiger partial charge in [-0.1, -0.05) is 0 Å². The first-order valence-electron chi connectivity index (χ1n) is 4.44. The molecule has 3 N–H and O–H groups in total. The number of halogens is 1. The molecule has 0 unspecified atom stereocenters. The van der Waals surface area contributed by atoms with Crippen molar-refractivity contribution in [2.75, 3.05) is 5.73 Å². The quantitative estimate of drug-likeness (QED) is 0.664. The summed E-state index contributed by atoms with van der Waals surface area (Å²) in [6, 6.07) is 3.83. The van der Waals surface area contributed by atoms with Crippen LogP contribution < -0.4 is 5.73 Å². The van der Waals surface area contributed by atoms with E-state index < -0.39 is 0 Å². The molecule has 0 aliphatic rings. The van der Waals surface area contributed by atoms with E-state index in [1.165, 1.54) is 6.33 Å². The van der Waals surface area contributed by atoms with Gasteiger partial charge in [-0.15, -0.1) is 12.4 Å². The molecule has 0 saturated heterocycles. The van der Waals surface area contributed by atoms with Gasteiger partial charge in [0.2, 0.25) is 0 Å². The molecule has 6 nitrogen and oxygen atoms in total. The predicted octanol–water partition coefficient (Wildman–Crippen LogP) is 1.15. The van der Waals surface area contributed by atoms with Gasteiger partial charge in [0.05, 0.1) is 0 Å². The minimum atomic E-state index is 0. The molecular formula is C9H9ClN6. The van der Waals surface area contributed by atoms with E-state index in [0.29, 0.717) is 17.3 Å². The summed E-state index contributed by atoms with van der Waals surface area (Å²) < 4.78 is 1.86. The van der Waals surface area contributed by atoms with Crippen molar-refractivity contribution in [2.45, 2.75) is 0 Å². The lowest BCUT2D eigenvalue weighted by atomic mass is 10.3. The monoisotopic (exact) mass is 236 g/mol. The average molecular weight is 237 g/mol. The molecule has 82 valence electrons. The summed E-state index contributed by atoms with van der Waals surface area (Å²) in [6.07, 6.45) is 5.19. The maximum atomic E-state index is 5.78. The van der Waals surface area contributed by atoms with Crippen LogP contribution in [0.2, 0.25) is 0 Å². The fraction of sp³-hybridized carbons (Fsp3) is 0. The molecule has 3 heterocycles. The van der Waals surface area contributed by atoms with Crippen LogP contribution in [0.15, 0.2) is 30.9 Å². The Kier molecular flexibility index (Phi) is 2.49. The van der Waals surface area contributed by atoms with Crippen LogP contribution in [0.25, 0.3) is 16.9 Å². The van der Waals surface area contributed by atoms with Gasteiger partial charge in [0.1, 0.15) is 17.5 Å². The van der Waals surface area contributed by atoms with Gasteiger partial charge in [-0.25, -0.2) is 9.97 Å². The molecule has 0 spiro atoms. The summed E-state index contributed by atoms with van der Waals surface area (Å²) in [7, 11) is 0. The number of nitrogens with one attached hydrogen (secondary N) is 1. The minimum absolute atomic E-state index is 0. The summed E-state index contributed by atoms with van der Waals surface area (Å²) in [5.41, 5.74) is 6.43. The molecule has 0 aliphatic heterocycles. The Hall–Kier alpha value is -2.08. The first kappa shape index (κ1) is 10.4. The highest BCUT2D eigenvalue weighted by molar-refractivity contribution is 5.91. The highest BCUT2D eigenvalue weighted by Gasteiger charge is 2.11. The maximum absolute atomic E-state index is 5.78. The fourth-order valence-electron chi connectivity index (χ4n) is 1.53. The number of aromatic amines is 1. The topological polar surface area (TPSA) is 85.4 Å². The first-order chi connectivity index (χ1) is 7.36. The van der Waals surface area contributed by atoms with Gasteiger partial charge < -0.3 is 10.3 Å². The Morgan fingerprint density at radius 1 is 1.19 bits per heavy atom. The molecule has 0 atom stereocenters. The molecule has 0 aromatic carbocycles. The largest absolute Gasteiger partial charge is 0.383 e. The summed E-state index contributed by atoms with van der Waals surface area (Å²) in [4.78, 5) is 7.99. The lowest BCUT2D eigenvalue weighted by molar-refractivity contribution is 0.973. The molecule has 0 aliphatic carbocycles. The predicted molar refractivity (Wildman–Crippen MR) is 62.7 cm³/mol. The molecule has 0 fully saturated rings. The fourth-order valence-corrected chi connectivity index (χ4v) is 1.53. The molecule has 0 bridgehead atoms. The van der Waals surface area contributed by atoms with Crippen molar-refractivity contribution >= 4 is 29.3 Å². The van der Waals surface area contributed by atoms with Crippen LogP contribution in [0.1, 0.15) is 0 Å². The van der Waals surface area contributed by atoms with E-state index in [0.717, 1.165) is 5.39 Å². The number of nitrogens with zero attached hydrogens (tertiary/aromatic N) is 4. The summed E-state index contributed by atoms with van der Waals surface area (Å²) in [5, 5.41) is 7.71. The zero-order chi connectivity index (χ0) is 10.3. The van der Waals surface area contributed by atoms with E-state index in [4.69, 9.17) is 5.73 Å². The van der Waals surface area contributed by atoms with Crippen molar-refractivity contribution in [1.29, 1.82) is 0 Å². The second-order valence-electron chi connectivity index (χ2n) is 3.12. The molecule has 0 amide bonds. The Morgan fingerprint density at radius 2 is 1.94 bits per heavy atom. The van der Waals surface area contributed by atoms with Crippen LogP contribution >= 0.6 is 12.4 Å². The van der Waals surface area contributed by atoms with Crippen molar-refractivity contribution < 1.29 is 0 Å². The first-order valence-corrected chi connectivity index (χ1v) is 4.44. The van der Waals surface area contributed by atoms with E-state index in [-0.39, 0.29) is 12.4 Å². The highest BCUT2D eigenvalue weighted by Crippen LogP contribution is 2.21. The standard InChI is InChI=1S/C9H8N6.ClH/c10-7-6-8(12-5-11-7)13-14-9(6)15-3-1-2-4-15;/h1-5H,(H3,10,11,12,13,14);1H. The number of H-pyrrole nitrogens is 1. The third-order valence-corrected chi connectivity index (χ3v) is 2.22. The van der Waals surface area contributed by atoms with Gasteiger partial charge in [0, 0.05) is 12.4 Å². The van der Waals surface area contributed by atoms with Crippen LogP contribution in [0, 0.1) is 0 Å². The number of aromatic nitrogens is 5. The second-order valence-corrected chi connectivity index (χ2v) is 3.12. The molecular weight excluding hydrogens is 228 g/mol. The summed E-state index contributed by atoms with van der Waals surface area (Å²) in [6.45, 7) is 0. The number of hydrogen-bond acceptors (Lipinski definition) is 4. The van der Waals surface area contributed by atoms with E-state index >= 15 is 0 Å². The third kappa shape index (κ3) is 1.40. The van der Waals surface area contributed by atoms with E-state index in [2.05, 4.69) is 20.2 Å². The Bertz CT molecular complexity index is 600. The molecule has 3 rings (SSSR count). The highest BCUT2D eigenvalue weighted by atomic mass is 35.5. The zero-order valence-electron chi connectivity index (χ0n) is 8.16. The average Bonchev–Trinajstić information content (AvgIpc) is 2.85. The van der Waals surface area contributed by atoms with Crippen molar-refractivity contribution in [3.05, 3.63) is 30.9 Å². The summed E-state index contributed by atoms with van der Waals surface area (Å²) >= 11 is 0. The van der Waals surface area contributed by atoms with Crippen molar-refractivity contribution in [3.8, 4) is 5.82 Å². The number of anilines is 1. The van der Waals surface area contributed by atoms with Gasteiger partial charge >= 0.3 is 0 Å². The van der Waals surface area contributed by atoms with Crippen LogP contribution in [-0.2, 0) is 0 Å². The van der Waals surface area contributed by atoms with Gasteiger partial charge in [-0.05, 0) is 12.1 Å². The normalized spacial score (nSPS) is 10.2. The smallest absolute Gasteiger partial charge is 0.171 e. The third-order valence-electron chi connectivity index (χ3n) is 2.22. The van der Waals surface area contributed by atoms with Gasteiger partial charge in [-0.2, -0.15) is 5.10 Å². The lowest BCUT2D eigenvalue weighted by Gasteiger charge is -1.98. The molecule has 7 heteroatoms. The van der Waals surface area contributed by atoms with Gasteiger partial charge in [0.25, 0.3) is 0 Å². The number of hydrogen-bond donors (Lipinski definition) is 2. The zero-order valence-corrected chi connectivity index (χ0v) is 8.98.